The maximum Gasteiger partial charge on any atom is 0.192 e. The van der Waals surface area contributed by atoms with Gasteiger partial charge in [-0.1, -0.05) is 90.8 Å². The van der Waals surface area contributed by atoms with Gasteiger partial charge < -0.3 is 14.0 Å². The summed E-state index contributed by atoms with van der Waals surface area (Å²) >= 11 is 1.98. The molecule has 0 saturated heterocycles. The van der Waals surface area contributed by atoms with Crippen LogP contribution in [0.15, 0.2) is 52.5 Å². The summed E-state index contributed by atoms with van der Waals surface area (Å²) < 4.78 is 14.8. The third-order valence-corrected chi connectivity index (χ3v) is 25.1. The second-order valence-corrected chi connectivity index (χ2v) is 31.5. The topological polar surface area (TPSA) is 38.7 Å². The highest BCUT2D eigenvalue weighted by molar-refractivity contribution is 7.99. The van der Waals surface area contributed by atoms with E-state index in [1.165, 1.54) is 49.8 Å². The normalized spacial score (nSPS) is 30.5. The van der Waals surface area contributed by atoms with Gasteiger partial charge in [-0.25, -0.2) is 0 Å². The first-order valence-corrected chi connectivity index (χ1v) is 26.9. The number of hydrogen-bond acceptors (Lipinski definition) is 4. The van der Waals surface area contributed by atoms with Crippen molar-refractivity contribution in [2.75, 3.05) is 5.75 Å². The van der Waals surface area contributed by atoms with Crippen molar-refractivity contribution in [3.8, 4) is 0 Å². The Morgan fingerprint density at radius 1 is 0.880 bits per heavy atom. The number of hydrogen-bond donors (Lipinski definition) is 1. The molecule has 5 rings (SSSR count). The molecule has 0 heterocycles. The van der Waals surface area contributed by atoms with E-state index in [-0.39, 0.29) is 27.7 Å². The van der Waals surface area contributed by atoms with E-state index in [1.54, 1.807) is 11.1 Å². The Balaban J connectivity index is 1.35. The van der Waals surface area contributed by atoms with Gasteiger partial charge in [-0.3, -0.25) is 0 Å². The number of rotatable bonds is 10. The Morgan fingerprint density at radius 2 is 1.46 bits per heavy atom. The first-order valence-electron chi connectivity index (χ1n) is 20.1. The summed E-state index contributed by atoms with van der Waals surface area (Å²) in [5.74, 6) is 3.25. The summed E-state index contributed by atoms with van der Waals surface area (Å²) in [6.45, 7) is 33.0. The lowest BCUT2D eigenvalue weighted by Gasteiger charge is -2.49. The third kappa shape index (κ3) is 8.36. The maximum atomic E-state index is 10.5. The minimum absolute atomic E-state index is 0.196. The summed E-state index contributed by atoms with van der Waals surface area (Å²) in [5, 5.41) is 10.9. The summed E-state index contributed by atoms with van der Waals surface area (Å²) in [4.78, 5) is 1.28. The molecule has 0 radical (unpaired) electrons. The number of fused-ring (bicyclic) bond motifs is 1. The van der Waals surface area contributed by atoms with Crippen molar-refractivity contribution < 1.29 is 14.0 Å². The van der Waals surface area contributed by atoms with Crippen molar-refractivity contribution in [3.63, 3.8) is 0 Å². The quantitative estimate of drug-likeness (QED) is 0.192. The van der Waals surface area contributed by atoms with Crippen LogP contribution in [0.5, 0.6) is 0 Å². The largest absolute Gasteiger partial charge is 0.413 e. The minimum Gasteiger partial charge on any atom is -0.413 e. The molecular formula is C44H74O3SSi2. The van der Waals surface area contributed by atoms with Gasteiger partial charge in [0.1, 0.15) is 0 Å². The van der Waals surface area contributed by atoms with Gasteiger partial charge in [-0.15, -0.1) is 11.8 Å². The third-order valence-electron chi connectivity index (χ3n) is 14.8. The zero-order valence-corrected chi connectivity index (χ0v) is 37.4. The Bertz CT molecular complexity index is 1380. The van der Waals surface area contributed by atoms with Gasteiger partial charge in [0.15, 0.2) is 16.6 Å². The van der Waals surface area contributed by atoms with Crippen molar-refractivity contribution in [1.29, 1.82) is 0 Å². The highest BCUT2D eigenvalue weighted by Crippen LogP contribution is 2.63. The number of aliphatic hydroxyl groups is 1. The lowest BCUT2D eigenvalue weighted by Crippen LogP contribution is -2.54. The summed E-state index contributed by atoms with van der Waals surface area (Å²) in [6.07, 6.45) is 16.9. The van der Waals surface area contributed by atoms with Crippen LogP contribution in [-0.2, 0) is 14.5 Å². The van der Waals surface area contributed by atoms with Crippen LogP contribution in [0.4, 0.5) is 0 Å². The molecule has 4 saturated carbocycles. The Kier molecular flexibility index (Phi) is 11.5. The van der Waals surface area contributed by atoms with Crippen molar-refractivity contribution in [3.05, 3.63) is 53.1 Å². The fourth-order valence-electron chi connectivity index (χ4n) is 9.23. The van der Waals surface area contributed by atoms with Gasteiger partial charge in [0, 0.05) is 16.1 Å². The molecular weight excluding hydrogens is 665 g/mol. The first kappa shape index (κ1) is 40.5. The molecule has 282 valence electrons. The average Bonchev–Trinajstić information content (AvgIpc) is 3.70. The fraction of sp³-hybridized carbons (Fsp3) is 0.773. The number of thioether (sulfide) groups is 1. The zero-order chi connectivity index (χ0) is 37.1. The molecule has 0 aliphatic heterocycles. The standard InChI is InChI=1S/C44H74O3SSi2/c1-31(30-48-35-19-15-18-34(29-35)42(8,9)45)36-22-23-37-33(17-16-24-43(36,37)10)21-20-32-27-38(46-49(11,12)40(2,3)4)44(25-26-44)39(28-32)47-50(13,14)41(5,6)7/h15,18-21,29,31,36-39,45H,16-17,22-28,30H2,1-14H3/t31-,36+,37-,38+,39+,43+/m0/s1. The molecule has 1 N–H and O–H groups in total. The summed E-state index contributed by atoms with van der Waals surface area (Å²) in [7, 11) is -3.87. The zero-order valence-electron chi connectivity index (χ0n) is 34.6. The summed E-state index contributed by atoms with van der Waals surface area (Å²) in [6, 6.07) is 8.54. The molecule has 3 nitrogen and oxygen atoms in total. The molecule has 0 bridgehead atoms. The van der Waals surface area contributed by atoms with Crippen LogP contribution in [0.25, 0.3) is 0 Å². The van der Waals surface area contributed by atoms with E-state index >= 15 is 0 Å². The molecule has 4 fully saturated rings. The van der Waals surface area contributed by atoms with Crippen LogP contribution in [0.1, 0.15) is 133 Å². The molecule has 1 aromatic carbocycles. The van der Waals surface area contributed by atoms with Crippen molar-refractivity contribution in [2.24, 2.45) is 28.6 Å². The average molecular weight is 739 g/mol. The minimum atomic E-state index is -1.94. The van der Waals surface area contributed by atoms with E-state index in [2.05, 4.69) is 112 Å². The smallest absolute Gasteiger partial charge is 0.192 e. The van der Waals surface area contributed by atoms with Crippen LogP contribution in [0, 0.1) is 28.6 Å². The van der Waals surface area contributed by atoms with E-state index < -0.39 is 22.2 Å². The lowest BCUT2D eigenvalue weighted by molar-refractivity contribution is -0.00939. The van der Waals surface area contributed by atoms with Crippen molar-refractivity contribution in [2.45, 2.75) is 186 Å². The van der Waals surface area contributed by atoms with E-state index in [0.717, 1.165) is 30.1 Å². The maximum absolute atomic E-state index is 10.5. The highest BCUT2D eigenvalue weighted by Gasteiger charge is 2.61. The van der Waals surface area contributed by atoms with Crippen LogP contribution >= 0.6 is 11.8 Å². The van der Waals surface area contributed by atoms with Gasteiger partial charge in [-0.2, -0.15) is 0 Å². The molecule has 4 aliphatic rings. The molecule has 4 aliphatic carbocycles. The molecule has 1 spiro atoms. The van der Waals surface area contributed by atoms with Crippen molar-refractivity contribution in [1.82, 2.24) is 0 Å². The van der Waals surface area contributed by atoms with Crippen LogP contribution in [0.3, 0.4) is 0 Å². The first-order chi connectivity index (χ1) is 22.9. The molecule has 50 heavy (non-hydrogen) atoms. The molecule has 1 aromatic rings. The van der Waals surface area contributed by atoms with Gasteiger partial charge in [0.05, 0.1) is 17.8 Å². The Labute approximate surface area is 314 Å². The monoisotopic (exact) mass is 738 g/mol. The predicted octanol–water partition coefficient (Wildman–Crippen LogP) is 13.1. The highest BCUT2D eigenvalue weighted by atomic mass is 32.2. The van der Waals surface area contributed by atoms with Crippen LogP contribution in [-0.4, -0.2) is 39.7 Å². The number of benzene rings is 1. The molecule has 0 aromatic heterocycles. The van der Waals surface area contributed by atoms with Crippen LogP contribution in [0.2, 0.25) is 36.3 Å². The van der Waals surface area contributed by atoms with Gasteiger partial charge in [0.25, 0.3) is 0 Å². The molecule has 6 heteroatoms. The predicted molar refractivity (Wildman–Crippen MR) is 221 cm³/mol. The van der Waals surface area contributed by atoms with E-state index in [0.29, 0.717) is 17.3 Å². The fourth-order valence-corrected chi connectivity index (χ4v) is 13.1. The van der Waals surface area contributed by atoms with E-state index in [9.17, 15) is 5.11 Å². The second-order valence-electron chi connectivity index (χ2n) is 20.9. The second kappa shape index (κ2) is 14.2. The van der Waals surface area contributed by atoms with Gasteiger partial charge in [0.2, 0.25) is 0 Å². The van der Waals surface area contributed by atoms with Crippen LogP contribution < -0.4 is 0 Å². The molecule has 0 unspecified atom stereocenters. The molecule has 6 atom stereocenters. The summed E-state index contributed by atoms with van der Waals surface area (Å²) in [5.41, 5.74) is 4.04. The van der Waals surface area contributed by atoms with Crippen molar-refractivity contribution >= 4 is 28.4 Å². The lowest BCUT2D eigenvalue weighted by atomic mass is 9.61. The molecule has 0 amide bonds. The number of allylic oxidation sites excluding steroid dienone is 3. The Hall–Kier alpha value is -0.636. The van der Waals surface area contributed by atoms with E-state index in [4.69, 9.17) is 8.85 Å². The van der Waals surface area contributed by atoms with Gasteiger partial charge in [-0.05, 0) is 149 Å². The van der Waals surface area contributed by atoms with Gasteiger partial charge >= 0.3 is 0 Å². The van der Waals surface area contributed by atoms with E-state index in [1.807, 2.05) is 31.7 Å². The Morgan fingerprint density at radius 3 is 1.98 bits per heavy atom. The SMILES string of the molecule is C[C@@H](CSc1cccc(C(C)(C)O)c1)[C@H]1CC[C@H]2C(=CC=C3C[C@@H](O[Si](C)(C)C(C)(C)C)C4(CC4)[C@H](O[Si](C)(C)C(C)(C)C)C3)CCC[C@]12C.